The van der Waals surface area contributed by atoms with Crippen molar-refractivity contribution in [3.8, 4) is 0 Å². The van der Waals surface area contributed by atoms with Crippen molar-refractivity contribution in [2.75, 3.05) is 12.3 Å². The van der Waals surface area contributed by atoms with E-state index in [9.17, 15) is 9.59 Å². The maximum atomic E-state index is 12.1. The van der Waals surface area contributed by atoms with Gasteiger partial charge in [0, 0.05) is 23.8 Å². The smallest absolute Gasteiger partial charge is 0.326 e. The van der Waals surface area contributed by atoms with Crippen molar-refractivity contribution >= 4 is 23.6 Å². The van der Waals surface area contributed by atoms with Gasteiger partial charge in [-0.25, -0.2) is 4.79 Å². The predicted octanol–water partition coefficient (Wildman–Crippen LogP) is 1.64. The molecular weight excluding hydrogens is 264 g/mol. The largest absolute Gasteiger partial charge is 0.480 e. The lowest BCUT2D eigenvalue weighted by Gasteiger charge is -2.32. The average molecular weight is 280 g/mol. The zero-order valence-electron chi connectivity index (χ0n) is 10.5. The summed E-state index contributed by atoms with van der Waals surface area (Å²) in [6.45, 7) is 0.548. The topological polar surface area (TPSA) is 70.5 Å². The molecule has 2 rings (SSSR count). The summed E-state index contributed by atoms with van der Waals surface area (Å²) >= 11 is 1.41. The molecule has 1 saturated heterocycles. The summed E-state index contributed by atoms with van der Waals surface area (Å²) in [4.78, 5) is 29.6. The van der Waals surface area contributed by atoms with E-state index < -0.39 is 12.0 Å². The Kier molecular flexibility index (Phi) is 4.79. The summed E-state index contributed by atoms with van der Waals surface area (Å²) < 4.78 is 0. The number of nitrogens with zero attached hydrogens (tertiary/aromatic N) is 2. The van der Waals surface area contributed by atoms with Gasteiger partial charge in [-0.2, -0.15) is 0 Å². The van der Waals surface area contributed by atoms with Gasteiger partial charge in [0.05, 0.1) is 5.75 Å². The van der Waals surface area contributed by atoms with E-state index in [-0.39, 0.29) is 11.7 Å². The van der Waals surface area contributed by atoms with Crippen LogP contribution in [-0.2, 0) is 9.59 Å². The van der Waals surface area contributed by atoms with E-state index in [1.54, 1.807) is 12.4 Å². The Bertz CT molecular complexity index is 452. The van der Waals surface area contributed by atoms with Crippen molar-refractivity contribution in [1.82, 2.24) is 9.88 Å². The lowest BCUT2D eigenvalue weighted by atomic mass is 10.0. The van der Waals surface area contributed by atoms with E-state index in [2.05, 4.69) is 4.98 Å². The van der Waals surface area contributed by atoms with Crippen molar-refractivity contribution in [3.63, 3.8) is 0 Å². The van der Waals surface area contributed by atoms with Crippen molar-refractivity contribution in [2.45, 2.75) is 30.2 Å². The molecule has 0 aliphatic carbocycles. The summed E-state index contributed by atoms with van der Waals surface area (Å²) in [5.74, 6) is -0.732. The minimum Gasteiger partial charge on any atom is -0.480 e. The Morgan fingerprint density at radius 2 is 2.11 bits per heavy atom. The van der Waals surface area contributed by atoms with Gasteiger partial charge in [0.15, 0.2) is 0 Å². The molecule has 6 heteroatoms. The number of hydrogen-bond acceptors (Lipinski definition) is 4. The molecule has 1 atom stereocenters. The molecule has 2 heterocycles. The number of carbonyl (C=O) groups is 2. The quantitative estimate of drug-likeness (QED) is 0.849. The second kappa shape index (κ2) is 6.56. The SMILES string of the molecule is O=C(O)[C@@H]1CCCCN1C(=O)CSc1ccncc1. The molecule has 0 aromatic carbocycles. The minimum absolute atomic E-state index is 0.103. The maximum absolute atomic E-state index is 12.1. The van der Waals surface area contributed by atoms with Gasteiger partial charge >= 0.3 is 5.97 Å². The van der Waals surface area contributed by atoms with Crippen LogP contribution < -0.4 is 0 Å². The highest BCUT2D eigenvalue weighted by atomic mass is 32.2. The van der Waals surface area contributed by atoms with Crippen LogP contribution in [0, 0.1) is 0 Å². The minimum atomic E-state index is -0.901. The Hall–Kier alpha value is -1.56. The fraction of sp³-hybridized carbons (Fsp3) is 0.462. The van der Waals surface area contributed by atoms with Gasteiger partial charge in [-0.3, -0.25) is 9.78 Å². The highest BCUT2D eigenvalue weighted by molar-refractivity contribution is 8.00. The van der Waals surface area contributed by atoms with Crippen LogP contribution in [0.25, 0.3) is 0 Å². The molecule has 0 bridgehead atoms. The van der Waals surface area contributed by atoms with E-state index in [1.807, 2.05) is 12.1 Å². The number of piperidine rings is 1. The second-order valence-electron chi connectivity index (χ2n) is 4.41. The summed E-state index contributed by atoms with van der Waals surface area (Å²) in [5.41, 5.74) is 0. The molecule has 1 amide bonds. The van der Waals surface area contributed by atoms with Crippen LogP contribution in [0.5, 0.6) is 0 Å². The molecule has 0 saturated carbocycles. The Balaban J connectivity index is 1.93. The third-order valence-corrected chi connectivity index (χ3v) is 4.12. The van der Waals surface area contributed by atoms with E-state index in [4.69, 9.17) is 5.11 Å². The van der Waals surface area contributed by atoms with Crippen LogP contribution in [0.4, 0.5) is 0 Å². The zero-order valence-corrected chi connectivity index (χ0v) is 11.3. The summed E-state index contributed by atoms with van der Waals surface area (Å²) in [6.07, 6.45) is 5.66. The van der Waals surface area contributed by atoms with Crippen LogP contribution in [0.2, 0.25) is 0 Å². The molecular formula is C13H16N2O3S. The van der Waals surface area contributed by atoms with Crippen molar-refractivity contribution in [2.24, 2.45) is 0 Å². The molecule has 19 heavy (non-hydrogen) atoms. The highest BCUT2D eigenvalue weighted by Gasteiger charge is 2.31. The standard InChI is InChI=1S/C13H16N2O3S/c16-12(9-19-10-4-6-14-7-5-10)15-8-2-1-3-11(15)13(17)18/h4-7,11H,1-3,8-9H2,(H,17,18)/t11-/m0/s1. The van der Waals surface area contributed by atoms with Gasteiger partial charge in [0.2, 0.25) is 5.91 Å². The van der Waals surface area contributed by atoms with Gasteiger partial charge in [-0.15, -0.1) is 11.8 Å². The average Bonchev–Trinajstić information content (AvgIpc) is 2.46. The van der Waals surface area contributed by atoms with E-state index in [1.165, 1.54) is 16.7 Å². The number of thioether (sulfide) groups is 1. The number of carbonyl (C=O) groups excluding carboxylic acids is 1. The number of pyridine rings is 1. The number of amides is 1. The molecule has 1 aromatic rings. The monoisotopic (exact) mass is 280 g/mol. The lowest BCUT2D eigenvalue weighted by molar-refractivity contribution is -0.150. The van der Waals surface area contributed by atoms with Gasteiger partial charge in [-0.1, -0.05) is 0 Å². The van der Waals surface area contributed by atoms with E-state index >= 15 is 0 Å². The van der Waals surface area contributed by atoms with Gasteiger partial charge in [0.25, 0.3) is 0 Å². The Morgan fingerprint density at radius 1 is 1.37 bits per heavy atom. The fourth-order valence-corrected chi connectivity index (χ4v) is 2.92. The summed E-state index contributed by atoms with van der Waals surface area (Å²) in [6, 6.07) is 3.02. The van der Waals surface area contributed by atoms with E-state index in [0.29, 0.717) is 13.0 Å². The first-order valence-electron chi connectivity index (χ1n) is 6.23. The number of carboxylic acids is 1. The molecule has 1 fully saturated rings. The van der Waals surface area contributed by atoms with Crippen molar-refractivity contribution < 1.29 is 14.7 Å². The van der Waals surface area contributed by atoms with Crippen LogP contribution in [0.15, 0.2) is 29.4 Å². The molecule has 1 N–H and O–H groups in total. The Morgan fingerprint density at radius 3 is 2.79 bits per heavy atom. The first kappa shape index (κ1) is 13.9. The van der Waals surface area contributed by atoms with E-state index in [0.717, 1.165) is 17.7 Å². The first-order chi connectivity index (χ1) is 9.18. The molecule has 102 valence electrons. The number of carboxylic acid groups (broad SMARTS) is 1. The van der Waals surface area contributed by atoms with Gasteiger partial charge in [-0.05, 0) is 31.4 Å². The van der Waals surface area contributed by atoms with Crippen LogP contribution in [0.1, 0.15) is 19.3 Å². The normalized spacial score (nSPS) is 19.2. The van der Waals surface area contributed by atoms with Crippen LogP contribution in [-0.4, -0.2) is 45.2 Å². The van der Waals surface area contributed by atoms with Crippen LogP contribution in [0.3, 0.4) is 0 Å². The molecule has 1 aliphatic rings. The predicted molar refractivity (Wildman–Crippen MR) is 71.9 cm³/mol. The summed E-state index contributed by atoms with van der Waals surface area (Å²) in [5, 5.41) is 9.13. The third-order valence-electron chi connectivity index (χ3n) is 3.12. The molecule has 1 aromatic heterocycles. The number of aromatic nitrogens is 1. The number of aliphatic carboxylic acids is 1. The first-order valence-corrected chi connectivity index (χ1v) is 7.22. The lowest BCUT2D eigenvalue weighted by Crippen LogP contribution is -2.48. The third kappa shape index (κ3) is 3.70. The maximum Gasteiger partial charge on any atom is 0.326 e. The zero-order chi connectivity index (χ0) is 13.7. The van der Waals surface area contributed by atoms with Gasteiger partial charge in [0.1, 0.15) is 6.04 Å². The second-order valence-corrected chi connectivity index (χ2v) is 5.46. The number of hydrogen-bond donors (Lipinski definition) is 1. The molecule has 0 unspecified atom stereocenters. The van der Waals surface area contributed by atoms with Gasteiger partial charge < -0.3 is 10.0 Å². The summed E-state index contributed by atoms with van der Waals surface area (Å²) in [7, 11) is 0. The molecule has 5 nitrogen and oxygen atoms in total. The number of likely N-dealkylation sites (tertiary alicyclic amines) is 1. The fourth-order valence-electron chi connectivity index (χ4n) is 2.15. The van der Waals surface area contributed by atoms with Crippen molar-refractivity contribution in [1.29, 1.82) is 0 Å². The number of rotatable bonds is 4. The van der Waals surface area contributed by atoms with Crippen LogP contribution >= 0.6 is 11.8 Å². The molecule has 0 spiro atoms. The molecule has 1 aliphatic heterocycles. The molecule has 0 radical (unpaired) electrons. The highest BCUT2D eigenvalue weighted by Crippen LogP contribution is 2.21. The van der Waals surface area contributed by atoms with Crippen molar-refractivity contribution in [3.05, 3.63) is 24.5 Å². The Labute approximate surface area is 116 Å².